The third kappa shape index (κ3) is 6.34. The maximum Gasteiger partial charge on any atom is 0.324 e. The van der Waals surface area contributed by atoms with Crippen LogP contribution in [0.1, 0.15) is 13.3 Å². The molecule has 0 heterocycles. The van der Waals surface area contributed by atoms with Gasteiger partial charge in [0.05, 0.1) is 24.5 Å². The Balaban J connectivity index is 2.60. The number of nitriles is 1. The quantitative estimate of drug-likeness (QED) is 0.607. The van der Waals surface area contributed by atoms with Crippen LogP contribution in [0.15, 0.2) is 29.2 Å². The van der Waals surface area contributed by atoms with Crippen LogP contribution in [0.4, 0.5) is 0 Å². The number of rotatable bonds is 9. The van der Waals surface area contributed by atoms with Crippen LogP contribution >= 0.6 is 0 Å². The van der Waals surface area contributed by atoms with E-state index in [0.717, 1.165) is 0 Å². The number of hydrogen-bond donors (Lipinski definition) is 1. The number of carbonyl (C=O) groups excluding carboxylic acids is 2. The van der Waals surface area contributed by atoms with Crippen molar-refractivity contribution in [1.29, 1.82) is 5.26 Å². The van der Waals surface area contributed by atoms with Crippen molar-refractivity contribution in [2.45, 2.75) is 24.3 Å². The van der Waals surface area contributed by atoms with E-state index in [1.165, 1.54) is 50.2 Å². The molecule has 1 unspecified atom stereocenters. The van der Waals surface area contributed by atoms with Crippen molar-refractivity contribution >= 4 is 21.9 Å². The normalized spacial score (nSPS) is 11.9. The van der Waals surface area contributed by atoms with Crippen molar-refractivity contribution in [2.75, 3.05) is 27.3 Å². The molecule has 1 aromatic rings. The summed E-state index contributed by atoms with van der Waals surface area (Å²) in [6, 6.07) is 6.36. The van der Waals surface area contributed by atoms with Gasteiger partial charge in [-0.1, -0.05) is 0 Å². The number of hydrogen-bond acceptors (Lipinski definition) is 7. The predicted molar refractivity (Wildman–Crippen MR) is 91.6 cm³/mol. The summed E-state index contributed by atoms with van der Waals surface area (Å²) in [5.74, 6) is -0.877. The highest BCUT2D eigenvalue weighted by Gasteiger charge is 2.24. The first-order chi connectivity index (χ1) is 12.2. The molecule has 0 aliphatic heterocycles. The smallest absolute Gasteiger partial charge is 0.324 e. The third-order valence-electron chi connectivity index (χ3n) is 3.38. The van der Waals surface area contributed by atoms with Gasteiger partial charge in [0, 0.05) is 13.6 Å². The van der Waals surface area contributed by atoms with E-state index in [1.54, 1.807) is 0 Å². The summed E-state index contributed by atoms with van der Waals surface area (Å²) < 4.78 is 36.5. The van der Waals surface area contributed by atoms with Crippen LogP contribution in [-0.2, 0) is 24.3 Å². The summed E-state index contributed by atoms with van der Waals surface area (Å²) in [5, 5.41) is 8.47. The number of likely N-dealkylation sites (N-methyl/N-ethyl adjacent to an activating group) is 1. The van der Waals surface area contributed by atoms with Crippen LogP contribution in [-0.4, -0.2) is 58.5 Å². The van der Waals surface area contributed by atoms with E-state index in [-0.39, 0.29) is 17.9 Å². The number of benzene rings is 1. The van der Waals surface area contributed by atoms with E-state index < -0.39 is 34.5 Å². The molecule has 1 atom stereocenters. The van der Waals surface area contributed by atoms with Gasteiger partial charge in [0.25, 0.3) is 5.91 Å². The van der Waals surface area contributed by atoms with Crippen LogP contribution in [0.25, 0.3) is 0 Å². The zero-order valence-corrected chi connectivity index (χ0v) is 15.6. The van der Waals surface area contributed by atoms with Crippen LogP contribution in [0.2, 0.25) is 0 Å². The number of methoxy groups -OCH3 is 1. The van der Waals surface area contributed by atoms with Gasteiger partial charge in [0.1, 0.15) is 11.8 Å². The van der Waals surface area contributed by atoms with Crippen molar-refractivity contribution in [1.82, 2.24) is 9.62 Å². The van der Waals surface area contributed by atoms with Gasteiger partial charge in [0.15, 0.2) is 6.61 Å². The lowest BCUT2D eigenvalue weighted by atomic mass is 10.3. The van der Waals surface area contributed by atoms with E-state index in [4.69, 9.17) is 14.7 Å². The molecule has 0 aromatic heterocycles. The monoisotopic (exact) mass is 383 g/mol. The lowest BCUT2D eigenvalue weighted by molar-refractivity contribution is -0.152. The van der Waals surface area contributed by atoms with Crippen molar-refractivity contribution in [3.63, 3.8) is 0 Å². The number of amides is 1. The highest BCUT2D eigenvalue weighted by atomic mass is 32.2. The van der Waals surface area contributed by atoms with Gasteiger partial charge < -0.3 is 14.4 Å². The first-order valence-electron chi connectivity index (χ1n) is 7.65. The fourth-order valence-corrected chi connectivity index (χ4v) is 3.01. The van der Waals surface area contributed by atoms with Gasteiger partial charge in [-0.15, -0.1) is 0 Å². The molecule has 0 fully saturated rings. The zero-order chi connectivity index (χ0) is 19.7. The second-order valence-electron chi connectivity index (χ2n) is 5.35. The first kappa shape index (κ1) is 21.4. The summed E-state index contributed by atoms with van der Waals surface area (Å²) in [6.45, 7) is 0.995. The molecular formula is C16H21N3O6S. The van der Waals surface area contributed by atoms with Crippen LogP contribution in [0.5, 0.6) is 5.75 Å². The Morgan fingerprint density at radius 1 is 1.31 bits per heavy atom. The molecule has 142 valence electrons. The molecule has 0 saturated carbocycles. The predicted octanol–water partition coefficient (Wildman–Crippen LogP) is 0.277. The van der Waals surface area contributed by atoms with Gasteiger partial charge in [-0.3, -0.25) is 9.59 Å². The van der Waals surface area contributed by atoms with E-state index >= 15 is 0 Å². The fraction of sp³-hybridized carbons (Fsp3) is 0.438. The Kier molecular flexibility index (Phi) is 8.02. The number of nitrogens with one attached hydrogen (secondary N) is 1. The molecule has 0 aliphatic carbocycles. The Morgan fingerprint density at radius 3 is 2.46 bits per heavy atom. The number of nitrogens with zero attached hydrogens (tertiary/aromatic N) is 2. The lowest BCUT2D eigenvalue weighted by Gasteiger charge is -2.17. The number of ether oxygens (including phenoxy) is 2. The zero-order valence-electron chi connectivity index (χ0n) is 14.8. The molecule has 0 spiro atoms. The summed E-state index contributed by atoms with van der Waals surface area (Å²) in [6.07, 6.45) is 0.161. The SMILES string of the molecule is COc1ccc(S(=O)(=O)NC(C)C(=O)OCC(=O)N(C)CCC#N)cc1. The molecule has 26 heavy (non-hydrogen) atoms. The first-order valence-corrected chi connectivity index (χ1v) is 9.13. The minimum atomic E-state index is -3.93. The van der Waals surface area contributed by atoms with Gasteiger partial charge in [-0.25, -0.2) is 8.42 Å². The second kappa shape index (κ2) is 9.74. The Hall–Kier alpha value is -2.64. The van der Waals surface area contributed by atoms with Gasteiger partial charge >= 0.3 is 5.97 Å². The summed E-state index contributed by atoms with van der Waals surface area (Å²) in [4.78, 5) is 24.8. The average molecular weight is 383 g/mol. The molecule has 1 aromatic carbocycles. The van der Waals surface area contributed by atoms with Gasteiger partial charge in [0.2, 0.25) is 10.0 Å². The Bertz CT molecular complexity index is 770. The third-order valence-corrected chi connectivity index (χ3v) is 4.93. The summed E-state index contributed by atoms with van der Waals surface area (Å²) in [5.41, 5.74) is 0. The number of carbonyl (C=O) groups is 2. The number of esters is 1. The second-order valence-corrected chi connectivity index (χ2v) is 7.06. The summed E-state index contributed by atoms with van der Waals surface area (Å²) >= 11 is 0. The van der Waals surface area contributed by atoms with E-state index in [2.05, 4.69) is 4.72 Å². The maximum atomic E-state index is 12.2. The van der Waals surface area contributed by atoms with Crippen LogP contribution in [0, 0.1) is 11.3 Å². The molecule has 0 bridgehead atoms. The lowest BCUT2D eigenvalue weighted by Crippen LogP contribution is -2.41. The Labute approximate surface area is 152 Å². The van der Waals surface area contributed by atoms with E-state index in [9.17, 15) is 18.0 Å². The molecule has 1 rings (SSSR count). The molecule has 0 saturated heterocycles. The largest absolute Gasteiger partial charge is 0.497 e. The maximum absolute atomic E-state index is 12.2. The number of sulfonamides is 1. The average Bonchev–Trinajstić information content (AvgIpc) is 2.63. The highest BCUT2D eigenvalue weighted by Crippen LogP contribution is 2.15. The fourth-order valence-electron chi connectivity index (χ4n) is 1.81. The van der Waals surface area contributed by atoms with Crippen molar-refractivity contribution in [2.24, 2.45) is 0 Å². The van der Waals surface area contributed by atoms with Crippen LogP contribution in [0.3, 0.4) is 0 Å². The summed E-state index contributed by atoms with van der Waals surface area (Å²) in [7, 11) is -1.00. The Morgan fingerprint density at radius 2 is 1.92 bits per heavy atom. The highest BCUT2D eigenvalue weighted by molar-refractivity contribution is 7.89. The van der Waals surface area contributed by atoms with Gasteiger partial charge in [-0.05, 0) is 31.2 Å². The van der Waals surface area contributed by atoms with Crippen molar-refractivity contribution < 1.29 is 27.5 Å². The molecule has 1 N–H and O–H groups in total. The van der Waals surface area contributed by atoms with Crippen LogP contribution < -0.4 is 9.46 Å². The minimum Gasteiger partial charge on any atom is -0.497 e. The molecule has 10 heteroatoms. The van der Waals surface area contributed by atoms with E-state index in [0.29, 0.717) is 5.75 Å². The standard InChI is InChI=1S/C16H21N3O6S/c1-12(16(21)25-11-15(20)19(2)10-4-9-17)18-26(22,23)14-7-5-13(24-3)6-8-14/h5-8,12,18H,4,10-11H2,1-3H3. The molecular weight excluding hydrogens is 362 g/mol. The van der Waals surface area contributed by atoms with Gasteiger partial charge in [-0.2, -0.15) is 9.98 Å². The molecule has 9 nitrogen and oxygen atoms in total. The van der Waals surface area contributed by atoms with Crippen molar-refractivity contribution in [3.05, 3.63) is 24.3 Å². The topological polar surface area (TPSA) is 126 Å². The van der Waals surface area contributed by atoms with E-state index in [1.807, 2.05) is 6.07 Å². The van der Waals surface area contributed by atoms with Crippen molar-refractivity contribution in [3.8, 4) is 11.8 Å². The molecule has 0 radical (unpaired) electrons. The molecule has 1 amide bonds. The minimum absolute atomic E-state index is 0.0368. The molecule has 0 aliphatic rings.